The Hall–Kier alpha value is -1.85. The average Bonchev–Trinajstić information content (AvgIpc) is 2.98. The highest BCUT2D eigenvalue weighted by Gasteiger charge is 2.41. The fourth-order valence-corrected chi connectivity index (χ4v) is 5.20. The number of likely N-dealkylation sites (tertiary alicyclic amines) is 2. The molecule has 1 N–H and O–H groups in total. The molecule has 0 unspecified atom stereocenters. The first-order chi connectivity index (χ1) is 13.5. The molecule has 2 saturated heterocycles. The van der Waals surface area contributed by atoms with Crippen LogP contribution in [0.3, 0.4) is 0 Å². The number of methoxy groups -OCH3 is 1. The quantitative estimate of drug-likeness (QED) is 0.858. The predicted molar refractivity (Wildman–Crippen MR) is 112 cm³/mol. The number of nitrogens with zero attached hydrogens (tertiary/aromatic N) is 2. The molecule has 0 radical (unpaired) electrons. The third kappa shape index (κ3) is 3.70. The number of benzene rings is 1. The third-order valence-corrected chi connectivity index (χ3v) is 6.88. The second kappa shape index (κ2) is 7.88. The van der Waals surface area contributed by atoms with Gasteiger partial charge in [0.05, 0.1) is 12.1 Å². The number of carbonyl (C=O) groups excluding carboxylic acids is 1. The van der Waals surface area contributed by atoms with Gasteiger partial charge in [-0.25, -0.2) is 0 Å². The summed E-state index contributed by atoms with van der Waals surface area (Å²) in [6.45, 7) is 9.78. The van der Waals surface area contributed by atoms with Crippen LogP contribution in [0, 0.1) is 19.3 Å². The van der Waals surface area contributed by atoms with Gasteiger partial charge in [0.15, 0.2) is 0 Å². The van der Waals surface area contributed by atoms with Crippen LogP contribution in [0.2, 0.25) is 0 Å². The van der Waals surface area contributed by atoms with E-state index >= 15 is 0 Å². The van der Waals surface area contributed by atoms with Crippen LogP contribution >= 0.6 is 0 Å². The molecule has 1 spiro atoms. The molecule has 28 heavy (non-hydrogen) atoms. The van der Waals surface area contributed by atoms with Gasteiger partial charge in [-0.2, -0.15) is 0 Å². The molecule has 3 heterocycles. The summed E-state index contributed by atoms with van der Waals surface area (Å²) in [5.41, 5.74) is 5.53. The molecule has 4 rings (SSSR count). The number of H-pyrrole nitrogens is 1. The molecule has 0 bridgehead atoms. The summed E-state index contributed by atoms with van der Waals surface area (Å²) in [6, 6.07) is 6.66. The standard InChI is InChI=1S/C23H33N3O2/c1-17-18(2)24-22-19(6-4-7-20(17)22)14-25-11-5-9-23(15-25)10-8-21(27)26(16-23)12-13-28-3/h4,6-7,24H,5,8-16H2,1-3H3/t23-/m0/s1. The normalized spacial score (nSPS) is 23.8. The number of aryl methyl sites for hydroxylation is 2. The van der Waals surface area contributed by atoms with Crippen molar-refractivity contribution in [2.45, 2.75) is 46.1 Å². The molecule has 2 fully saturated rings. The van der Waals surface area contributed by atoms with Crippen LogP contribution in [-0.2, 0) is 16.1 Å². The molecule has 2 aliphatic rings. The summed E-state index contributed by atoms with van der Waals surface area (Å²) in [6.07, 6.45) is 4.15. The van der Waals surface area contributed by atoms with Crippen LogP contribution in [0.25, 0.3) is 10.9 Å². The molecule has 1 atom stereocenters. The SMILES string of the molecule is COCCN1C[C@@]2(CCCN(Cc3cccc4c(C)c(C)[nH]c34)C2)CCC1=O. The number of hydrogen-bond donors (Lipinski definition) is 1. The molecule has 5 heteroatoms. The van der Waals surface area contributed by atoms with Gasteiger partial charge >= 0.3 is 0 Å². The maximum Gasteiger partial charge on any atom is 0.222 e. The largest absolute Gasteiger partial charge is 0.383 e. The number of para-hydroxylation sites is 1. The van der Waals surface area contributed by atoms with Gasteiger partial charge in [-0.05, 0) is 50.8 Å². The third-order valence-electron chi connectivity index (χ3n) is 6.88. The van der Waals surface area contributed by atoms with Gasteiger partial charge in [-0.1, -0.05) is 18.2 Å². The smallest absolute Gasteiger partial charge is 0.222 e. The monoisotopic (exact) mass is 383 g/mol. The van der Waals surface area contributed by atoms with Gasteiger partial charge < -0.3 is 14.6 Å². The molecule has 2 aliphatic heterocycles. The van der Waals surface area contributed by atoms with E-state index in [9.17, 15) is 4.79 Å². The van der Waals surface area contributed by atoms with E-state index in [0.717, 1.165) is 39.1 Å². The summed E-state index contributed by atoms with van der Waals surface area (Å²) < 4.78 is 5.21. The average molecular weight is 384 g/mol. The van der Waals surface area contributed by atoms with Crippen LogP contribution in [-0.4, -0.2) is 60.6 Å². The summed E-state index contributed by atoms with van der Waals surface area (Å²) in [5, 5.41) is 1.34. The number of fused-ring (bicyclic) bond motifs is 1. The first kappa shape index (κ1) is 19.5. The van der Waals surface area contributed by atoms with Crippen molar-refractivity contribution in [3.05, 3.63) is 35.0 Å². The second-order valence-corrected chi connectivity index (χ2v) is 8.84. The minimum Gasteiger partial charge on any atom is -0.383 e. The molecule has 1 aromatic heterocycles. The maximum atomic E-state index is 12.3. The van der Waals surface area contributed by atoms with Crippen molar-refractivity contribution in [3.63, 3.8) is 0 Å². The van der Waals surface area contributed by atoms with Gasteiger partial charge in [0.25, 0.3) is 0 Å². The van der Waals surface area contributed by atoms with E-state index < -0.39 is 0 Å². The van der Waals surface area contributed by atoms with Gasteiger partial charge in [0.2, 0.25) is 5.91 Å². The van der Waals surface area contributed by atoms with Crippen LogP contribution in [0.5, 0.6) is 0 Å². The topological polar surface area (TPSA) is 48.6 Å². The van der Waals surface area contributed by atoms with Crippen LogP contribution in [0.15, 0.2) is 18.2 Å². The zero-order chi connectivity index (χ0) is 19.7. The number of nitrogens with one attached hydrogen (secondary N) is 1. The van der Waals surface area contributed by atoms with E-state index in [1.54, 1.807) is 7.11 Å². The Balaban J connectivity index is 1.50. The van der Waals surface area contributed by atoms with Crippen LogP contribution in [0.1, 0.15) is 42.5 Å². The summed E-state index contributed by atoms with van der Waals surface area (Å²) in [4.78, 5) is 20.6. The Bertz CT molecular complexity index is 859. The first-order valence-corrected chi connectivity index (χ1v) is 10.6. The van der Waals surface area contributed by atoms with E-state index in [1.165, 1.54) is 40.6 Å². The summed E-state index contributed by atoms with van der Waals surface area (Å²) in [5.74, 6) is 0.293. The van der Waals surface area contributed by atoms with E-state index in [1.807, 2.05) is 4.90 Å². The predicted octanol–water partition coefficient (Wildman–Crippen LogP) is 3.64. The Labute approximate surface area is 168 Å². The minimum absolute atomic E-state index is 0.245. The zero-order valence-electron chi connectivity index (χ0n) is 17.5. The molecule has 2 aromatic rings. The van der Waals surface area contributed by atoms with Crippen molar-refractivity contribution in [2.24, 2.45) is 5.41 Å². The van der Waals surface area contributed by atoms with E-state index in [4.69, 9.17) is 4.74 Å². The number of aromatic nitrogens is 1. The molecule has 5 nitrogen and oxygen atoms in total. The fraction of sp³-hybridized carbons (Fsp3) is 0.609. The molecule has 0 saturated carbocycles. The highest BCUT2D eigenvalue weighted by Crippen LogP contribution is 2.39. The molecule has 1 amide bonds. The number of hydrogen-bond acceptors (Lipinski definition) is 3. The van der Waals surface area contributed by atoms with Crippen molar-refractivity contribution in [3.8, 4) is 0 Å². The Morgan fingerprint density at radius 1 is 1.21 bits per heavy atom. The number of carbonyl (C=O) groups is 1. The van der Waals surface area contributed by atoms with Gasteiger partial charge in [0, 0.05) is 56.2 Å². The van der Waals surface area contributed by atoms with E-state index in [0.29, 0.717) is 18.9 Å². The highest BCUT2D eigenvalue weighted by molar-refractivity contribution is 5.87. The Morgan fingerprint density at radius 3 is 2.89 bits per heavy atom. The minimum atomic E-state index is 0.245. The molecule has 1 aromatic carbocycles. The first-order valence-electron chi connectivity index (χ1n) is 10.6. The van der Waals surface area contributed by atoms with Gasteiger partial charge in [-0.3, -0.25) is 9.69 Å². The number of aromatic amines is 1. The zero-order valence-corrected chi connectivity index (χ0v) is 17.5. The number of rotatable bonds is 5. The van der Waals surface area contributed by atoms with Crippen molar-refractivity contribution in [1.29, 1.82) is 0 Å². The van der Waals surface area contributed by atoms with Crippen LogP contribution in [0.4, 0.5) is 0 Å². The fourth-order valence-electron chi connectivity index (χ4n) is 5.20. The van der Waals surface area contributed by atoms with E-state index in [2.05, 4.69) is 41.9 Å². The lowest BCUT2D eigenvalue weighted by Gasteiger charge is -2.48. The maximum absolute atomic E-state index is 12.3. The second-order valence-electron chi connectivity index (χ2n) is 8.84. The Kier molecular flexibility index (Phi) is 5.48. The van der Waals surface area contributed by atoms with Crippen molar-refractivity contribution < 1.29 is 9.53 Å². The molecular formula is C23H33N3O2. The van der Waals surface area contributed by atoms with Gasteiger partial charge in [-0.15, -0.1) is 0 Å². The van der Waals surface area contributed by atoms with Crippen molar-refractivity contribution in [2.75, 3.05) is 39.9 Å². The number of amides is 1. The van der Waals surface area contributed by atoms with Gasteiger partial charge in [0.1, 0.15) is 0 Å². The number of ether oxygens (including phenoxy) is 1. The lowest BCUT2D eigenvalue weighted by Crippen LogP contribution is -2.54. The van der Waals surface area contributed by atoms with Crippen molar-refractivity contribution in [1.82, 2.24) is 14.8 Å². The van der Waals surface area contributed by atoms with Crippen LogP contribution < -0.4 is 0 Å². The molecular weight excluding hydrogens is 350 g/mol. The van der Waals surface area contributed by atoms with Crippen molar-refractivity contribution >= 4 is 16.8 Å². The summed E-state index contributed by atoms with van der Waals surface area (Å²) in [7, 11) is 1.71. The highest BCUT2D eigenvalue weighted by atomic mass is 16.5. The lowest BCUT2D eigenvalue weighted by molar-refractivity contribution is -0.140. The molecule has 0 aliphatic carbocycles. The Morgan fingerprint density at radius 2 is 2.07 bits per heavy atom. The summed E-state index contributed by atoms with van der Waals surface area (Å²) >= 11 is 0. The lowest BCUT2D eigenvalue weighted by atomic mass is 9.73. The molecule has 152 valence electrons. The van der Waals surface area contributed by atoms with E-state index in [-0.39, 0.29) is 5.41 Å². The number of piperidine rings is 2.